The monoisotopic (exact) mass is 320 g/mol. The van der Waals surface area contributed by atoms with Crippen molar-refractivity contribution in [1.82, 2.24) is 0 Å². The zero-order valence-electron chi connectivity index (χ0n) is 10.8. The van der Waals surface area contributed by atoms with Gasteiger partial charge in [-0.25, -0.2) is 0 Å². The van der Waals surface area contributed by atoms with Crippen LogP contribution in [0.1, 0.15) is 26.2 Å². The van der Waals surface area contributed by atoms with E-state index in [1.807, 2.05) is 11.8 Å². The summed E-state index contributed by atoms with van der Waals surface area (Å²) >= 11 is 13.7. The summed E-state index contributed by atoms with van der Waals surface area (Å²) in [5.41, 5.74) is 6.60. The van der Waals surface area contributed by atoms with Crippen LogP contribution in [0.4, 0.5) is 11.4 Å². The number of nitrogen functional groups attached to an aromatic ring is 1. The maximum absolute atomic E-state index is 11.8. The molecule has 0 aliphatic heterocycles. The summed E-state index contributed by atoms with van der Waals surface area (Å²) in [6.45, 7) is 2.14. The Hall–Kier alpha value is -0.580. The second kappa shape index (κ2) is 8.56. The Kier molecular flexibility index (Phi) is 7.42. The quantitative estimate of drug-likeness (QED) is 0.577. The Morgan fingerprint density at radius 2 is 2.11 bits per heavy atom. The van der Waals surface area contributed by atoms with Gasteiger partial charge in [-0.3, -0.25) is 4.79 Å². The number of amides is 1. The van der Waals surface area contributed by atoms with Crippen LogP contribution in [-0.2, 0) is 4.79 Å². The highest BCUT2D eigenvalue weighted by molar-refractivity contribution is 7.99. The van der Waals surface area contributed by atoms with Crippen molar-refractivity contribution in [2.24, 2.45) is 0 Å². The van der Waals surface area contributed by atoms with Crippen LogP contribution < -0.4 is 11.1 Å². The molecule has 0 atom stereocenters. The summed E-state index contributed by atoms with van der Waals surface area (Å²) < 4.78 is 0. The van der Waals surface area contributed by atoms with Crippen LogP contribution in [0.15, 0.2) is 12.1 Å². The molecule has 19 heavy (non-hydrogen) atoms. The minimum absolute atomic E-state index is 0.0759. The molecular formula is C13H18Cl2N2OS. The molecule has 0 aromatic heterocycles. The lowest BCUT2D eigenvalue weighted by Gasteiger charge is -2.10. The number of hydrogen-bond donors (Lipinski definition) is 2. The van der Waals surface area contributed by atoms with Crippen LogP contribution in [0.2, 0.25) is 10.0 Å². The van der Waals surface area contributed by atoms with E-state index in [0.717, 1.165) is 24.3 Å². The fraction of sp³-hybridized carbons (Fsp3) is 0.462. The number of benzene rings is 1. The molecule has 1 amide bonds. The molecule has 0 bridgehead atoms. The molecule has 0 aliphatic rings. The third kappa shape index (κ3) is 5.93. The first-order chi connectivity index (χ1) is 9.04. The number of thioether (sulfide) groups is 1. The molecule has 1 rings (SSSR count). The van der Waals surface area contributed by atoms with Gasteiger partial charge in [0.2, 0.25) is 5.91 Å². The topological polar surface area (TPSA) is 55.1 Å². The van der Waals surface area contributed by atoms with E-state index in [9.17, 15) is 4.79 Å². The first-order valence-corrected chi connectivity index (χ1v) is 8.07. The molecule has 3 nitrogen and oxygen atoms in total. The lowest BCUT2D eigenvalue weighted by Crippen LogP contribution is -2.13. The van der Waals surface area contributed by atoms with E-state index >= 15 is 0 Å². The van der Waals surface area contributed by atoms with Crippen molar-refractivity contribution in [3.8, 4) is 0 Å². The number of rotatable bonds is 7. The first kappa shape index (κ1) is 16.5. The number of hydrogen-bond acceptors (Lipinski definition) is 3. The van der Waals surface area contributed by atoms with E-state index in [1.54, 1.807) is 12.1 Å². The van der Waals surface area contributed by atoms with Crippen molar-refractivity contribution < 1.29 is 4.79 Å². The summed E-state index contributed by atoms with van der Waals surface area (Å²) in [5.74, 6) is 2.05. The number of halogens is 2. The predicted octanol–water partition coefficient (Wildman–Crippen LogP) is 4.44. The second-order valence-corrected chi connectivity index (χ2v) is 6.18. The zero-order chi connectivity index (χ0) is 14.3. The normalized spacial score (nSPS) is 10.5. The minimum atomic E-state index is -0.0759. The van der Waals surface area contributed by atoms with Crippen LogP contribution in [0.3, 0.4) is 0 Å². The van der Waals surface area contributed by atoms with Crippen molar-refractivity contribution >= 4 is 52.2 Å². The Morgan fingerprint density at radius 1 is 1.37 bits per heavy atom. The molecule has 106 valence electrons. The summed E-state index contributed by atoms with van der Waals surface area (Å²) in [6, 6.07) is 3.13. The summed E-state index contributed by atoms with van der Waals surface area (Å²) in [5, 5.41) is 3.55. The van der Waals surface area contributed by atoms with Crippen molar-refractivity contribution in [3.05, 3.63) is 22.2 Å². The van der Waals surface area contributed by atoms with Crippen molar-refractivity contribution in [2.45, 2.75) is 26.2 Å². The molecule has 0 saturated heterocycles. The van der Waals surface area contributed by atoms with Gasteiger partial charge >= 0.3 is 0 Å². The maximum Gasteiger partial charge on any atom is 0.224 e. The van der Waals surface area contributed by atoms with Gasteiger partial charge in [0.25, 0.3) is 0 Å². The lowest BCUT2D eigenvalue weighted by molar-refractivity contribution is -0.116. The van der Waals surface area contributed by atoms with Crippen LogP contribution in [0, 0.1) is 0 Å². The standard InChI is InChI=1S/C13H18Cl2N2OS/c1-2-5-19-6-3-4-12(18)17-13-10(15)7-9(14)8-11(13)16/h7-8H,2-6,16H2,1H3,(H,17,18). The molecule has 6 heteroatoms. The lowest BCUT2D eigenvalue weighted by atomic mass is 10.2. The van der Waals surface area contributed by atoms with Crippen LogP contribution in [0.25, 0.3) is 0 Å². The number of nitrogens with two attached hydrogens (primary N) is 1. The molecule has 1 aromatic rings. The number of anilines is 2. The highest BCUT2D eigenvalue weighted by Gasteiger charge is 2.10. The van der Waals surface area contributed by atoms with Crippen LogP contribution >= 0.6 is 35.0 Å². The number of carbonyl (C=O) groups is 1. The van der Waals surface area contributed by atoms with Gasteiger partial charge in [0, 0.05) is 11.4 Å². The number of carbonyl (C=O) groups excluding carboxylic acids is 1. The Labute approximate surface area is 128 Å². The summed E-state index contributed by atoms with van der Waals surface area (Å²) in [6.07, 6.45) is 2.48. The van der Waals surface area contributed by atoms with Crippen LogP contribution in [-0.4, -0.2) is 17.4 Å². The van der Waals surface area contributed by atoms with Crippen LogP contribution in [0.5, 0.6) is 0 Å². The van der Waals surface area contributed by atoms with Gasteiger partial charge < -0.3 is 11.1 Å². The van der Waals surface area contributed by atoms with Gasteiger partial charge in [-0.2, -0.15) is 11.8 Å². The Balaban J connectivity index is 2.44. The molecule has 3 N–H and O–H groups in total. The van der Waals surface area contributed by atoms with Crippen molar-refractivity contribution in [2.75, 3.05) is 22.6 Å². The molecule has 0 unspecified atom stereocenters. The smallest absolute Gasteiger partial charge is 0.224 e. The molecule has 0 saturated carbocycles. The zero-order valence-corrected chi connectivity index (χ0v) is 13.2. The average molecular weight is 321 g/mol. The Bertz CT molecular complexity index is 418. The molecule has 0 spiro atoms. The van der Waals surface area contributed by atoms with E-state index in [4.69, 9.17) is 28.9 Å². The Morgan fingerprint density at radius 3 is 2.74 bits per heavy atom. The fourth-order valence-electron chi connectivity index (χ4n) is 1.51. The third-order valence-corrected chi connectivity index (χ3v) is 4.18. The van der Waals surface area contributed by atoms with Gasteiger partial charge in [0.05, 0.1) is 16.4 Å². The second-order valence-electron chi connectivity index (χ2n) is 4.12. The highest BCUT2D eigenvalue weighted by Crippen LogP contribution is 2.32. The molecular weight excluding hydrogens is 303 g/mol. The van der Waals surface area contributed by atoms with E-state index in [-0.39, 0.29) is 5.91 Å². The molecule has 0 fully saturated rings. The van der Waals surface area contributed by atoms with Gasteiger partial charge in [0.1, 0.15) is 0 Å². The minimum Gasteiger partial charge on any atom is -0.397 e. The van der Waals surface area contributed by atoms with Crippen molar-refractivity contribution in [3.63, 3.8) is 0 Å². The number of nitrogens with one attached hydrogen (secondary N) is 1. The van der Waals surface area contributed by atoms with E-state index in [0.29, 0.717) is 27.8 Å². The van der Waals surface area contributed by atoms with Gasteiger partial charge in [-0.1, -0.05) is 30.1 Å². The van der Waals surface area contributed by atoms with E-state index in [1.165, 1.54) is 0 Å². The fourth-order valence-corrected chi connectivity index (χ4v) is 2.91. The van der Waals surface area contributed by atoms with Gasteiger partial charge in [0.15, 0.2) is 0 Å². The highest BCUT2D eigenvalue weighted by atomic mass is 35.5. The predicted molar refractivity (Wildman–Crippen MR) is 86.4 cm³/mol. The van der Waals surface area contributed by atoms with Crippen molar-refractivity contribution in [1.29, 1.82) is 0 Å². The van der Waals surface area contributed by atoms with Gasteiger partial charge in [-0.15, -0.1) is 0 Å². The maximum atomic E-state index is 11.8. The largest absolute Gasteiger partial charge is 0.397 e. The molecule has 0 radical (unpaired) electrons. The molecule has 0 heterocycles. The van der Waals surface area contributed by atoms with E-state index < -0.39 is 0 Å². The molecule has 1 aromatic carbocycles. The third-order valence-electron chi connectivity index (χ3n) is 2.39. The first-order valence-electron chi connectivity index (χ1n) is 6.16. The summed E-state index contributed by atoms with van der Waals surface area (Å²) in [4.78, 5) is 11.8. The van der Waals surface area contributed by atoms with E-state index in [2.05, 4.69) is 12.2 Å². The average Bonchev–Trinajstić information content (AvgIpc) is 2.33. The molecule has 0 aliphatic carbocycles. The summed E-state index contributed by atoms with van der Waals surface area (Å²) in [7, 11) is 0. The SMILES string of the molecule is CCCSCCCC(=O)Nc1c(N)cc(Cl)cc1Cl. The van der Waals surface area contributed by atoms with Gasteiger partial charge in [-0.05, 0) is 36.5 Å².